The van der Waals surface area contributed by atoms with Gasteiger partial charge in [0.2, 0.25) is 0 Å². The zero-order valence-corrected chi connectivity index (χ0v) is 8.57. The second-order valence-electron chi connectivity index (χ2n) is 4.23. The molecule has 0 heterocycles. The molecule has 0 fully saturated rings. The zero-order valence-electron chi connectivity index (χ0n) is 8.57. The highest BCUT2D eigenvalue weighted by Gasteiger charge is 2.20. The van der Waals surface area contributed by atoms with Gasteiger partial charge < -0.3 is 10.8 Å². The molecule has 1 unspecified atom stereocenters. The second-order valence-corrected chi connectivity index (χ2v) is 4.23. The average Bonchev–Trinajstić information content (AvgIpc) is 2.16. The van der Waals surface area contributed by atoms with E-state index in [0.717, 1.165) is 24.9 Å². The maximum atomic E-state index is 10.6. The van der Waals surface area contributed by atoms with Crippen molar-refractivity contribution in [2.45, 2.75) is 25.7 Å². The van der Waals surface area contributed by atoms with Gasteiger partial charge in [-0.3, -0.25) is 4.79 Å². The van der Waals surface area contributed by atoms with Crippen LogP contribution in [0.1, 0.15) is 24.0 Å². The summed E-state index contributed by atoms with van der Waals surface area (Å²) < 4.78 is 0. The highest BCUT2D eigenvalue weighted by molar-refractivity contribution is 5.67. The normalized spacial score (nSPS) is 19.6. The number of nitrogens with two attached hydrogens (primary N) is 1. The van der Waals surface area contributed by atoms with Gasteiger partial charge in [-0.25, -0.2) is 0 Å². The summed E-state index contributed by atoms with van der Waals surface area (Å²) in [5, 5.41) is 8.74. The maximum absolute atomic E-state index is 10.6. The highest BCUT2D eigenvalue weighted by atomic mass is 16.4. The number of fused-ring (bicyclic) bond motifs is 1. The van der Waals surface area contributed by atoms with E-state index in [9.17, 15) is 4.79 Å². The lowest BCUT2D eigenvalue weighted by atomic mass is 9.82. The van der Waals surface area contributed by atoms with Crippen LogP contribution in [0.2, 0.25) is 0 Å². The second kappa shape index (κ2) is 3.93. The van der Waals surface area contributed by atoms with Crippen LogP contribution in [0.4, 0.5) is 5.69 Å². The highest BCUT2D eigenvalue weighted by Crippen LogP contribution is 2.28. The molecule has 1 aliphatic carbocycles. The van der Waals surface area contributed by atoms with Crippen molar-refractivity contribution in [2.75, 3.05) is 5.73 Å². The van der Waals surface area contributed by atoms with Gasteiger partial charge in [-0.1, -0.05) is 6.07 Å². The Morgan fingerprint density at radius 3 is 3.00 bits per heavy atom. The zero-order chi connectivity index (χ0) is 10.8. The van der Waals surface area contributed by atoms with Gasteiger partial charge in [0, 0.05) is 12.1 Å². The topological polar surface area (TPSA) is 63.3 Å². The van der Waals surface area contributed by atoms with Crippen LogP contribution in [-0.4, -0.2) is 11.1 Å². The summed E-state index contributed by atoms with van der Waals surface area (Å²) in [7, 11) is 0. The van der Waals surface area contributed by atoms with Crippen LogP contribution in [0.15, 0.2) is 18.2 Å². The van der Waals surface area contributed by atoms with E-state index in [4.69, 9.17) is 10.8 Å². The summed E-state index contributed by atoms with van der Waals surface area (Å²) in [6, 6.07) is 5.95. The fraction of sp³-hybridized carbons (Fsp3) is 0.417. The van der Waals surface area contributed by atoms with Gasteiger partial charge in [0.15, 0.2) is 0 Å². The predicted octanol–water partition coefficient (Wildman–Crippen LogP) is 1.85. The molecule has 0 bridgehead atoms. The minimum atomic E-state index is -0.702. The van der Waals surface area contributed by atoms with Gasteiger partial charge in [0.1, 0.15) is 0 Å². The van der Waals surface area contributed by atoms with E-state index < -0.39 is 5.97 Å². The first-order chi connectivity index (χ1) is 7.15. The number of hydrogen-bond donors (Lipinski definition) is 2. The van der Waals surface area contributed by atoms with E-state index in [1.807, 2.05) is 12.1 Å². The molecule has 1 aromatic carbocycles. The Morgan fingerprint density at radius 2 is 2.27 bits per heavy atom. The number of carboxylic acid groups (broad SMARTS) is 1. The Kier molecular flexibility index (Phi) is 2.62. The van der Waals surface area contributed by atoms with Crippen LogP contribution < -0.4 is 5.73 Å². The Labute approximate surface area is 88.9 Å². The number of aliphatic carboxylic acids is 1. The van der Waals surface area contributed by atoms with Gasteiger partial charge in [-0.15, -0.1) is 0 Å². The molecule has 3 heteroatoms. The van der Waals surface area contributed by atoms with Crippen molar-refractivity contribution in [3.63, 3.8) is 0 Å². The van der Waals surface area contributed by atoms with Crippen LogP contribution in [0.3, 0.4) is 0 Å². The van der Waals surface area contributed by atoms with Gasteiger partial charge in [-0.2, -0.15) is 0 Å². The molecule has 0 saturated heterocycles. The lowest BCUT2D eigenvalue weighted by Gasteiger charge is -2.23. The average molecular weight is 205 g/mol. The Bertz CT molecular complexity index is 387. The van der Waals surface area contributed by atoms with Crippen molar-refractivity contribution in [2.24, 2.45) is 5.92 Å². The summed E-state index contributed by atoms with van der Waals surface area (Å²) in [5.74, 6) is -0.427. The van der Waals surface area contributed by atoms with Gasteiger partial charge in [-0.05, 0) is 48.4 Å². The third kappa shape index (κ3) is 2.29. The lowest BCUT2D eigenvalue weighted by molar-refractivity contribution is -0.138. The largest absolute Gasteiger partial charge is 0.481 e. The van der Waals surface area contributed by atoms with Crippen molar-refractivity contribution < 1.29 is 9.90 Å². The van der Waals surface area contributed by atoms with E-state index in [1.165, 1.54) is 11.1 Å². The van der Waals surface area contributed by atoms with Crippen molar-refractivity contribution in [3.05, 3.63) is 29.3 Å². The molecular formula is C12H15NO2. The molecule has 15 heavy (non-hydrogen) atoms. The fourth-order valence-electron chi connectivity index (χ4n) is 2.27. The van der Waals surface area contributed by atoms with Crippen molar-refractivity contribution in [1.29, 1.82) is 0 Å². The molecule has 0 spiro atoms. The van der Waals surface area contributed by atoms with Crippen LogP contribution >= 0.6 is 0 Å². The minimum Gasteiger partial charge on any atom is -0.481 e. The number of anilines is 1. The number of benzene rings is 1. The lowest BCUT2D eigenvalue weighted by Crippen LogP contribution is -2.17. The Hall–Kier alpha value is -1.51. The molecule has 0 saturated carbocycles. The van der Waals surface area contributed by atoms with Crippen LogP contribution in [0, 0.1) is 5.92 Å². The first kappa shape index (κ1) is 10.0. The molecule has 3 nitrogen and oxygen atoms in total. The van der Waals surface area contributed by atoms with Gasteiger partial charge >= 0.3 is 5.97 Å². The molecule has 0 amide bonds. The molecule has 1 aromatic rings. The molecule has 1 atom stereocenters. The van der Waals surface area contributed by atoms with Crippen LogP contribution in [0.5, 0.6) is 0 Å². The van der Waals surface area contributed by atoms with Gasteiger partial charge in [0.25, 0.3) is 0 Å². The summed E-state index contributed by atoms with van der Waals surface area (Å²) in [5.41, 5.74) is 9.03. The quantitative estimate of drug-likeness (QED) is 0.724. The van der Waals surface area contributed by atoms with E-state index in [2.05, 4.69) is 6.07 Å². The molecule has 1 aliphatic rings. The van der Waals surface area contributed by atoms with Gasteiger partial charge in [0.05, 0.1) is 0 Å². The van der Waals surface area contributed by atoms with E-state index in [-0.39, 0.29) is 12.3 Å². The first-order valence-electron chi connectivity index (χ1n) is 5.24. The number of aryl methyl sites for hydroxylation is 1. The first-order valence-corrected chi connectivity index (χ1v) is 5.24. The summed E-state index contributed by atoms with van der Waals surface area (Å²) >= 11 is 0. The van der Waals surface area contributed by atoms with Crippen LogP contribution in [-0.2, 0) is 17.6 Å². The standard InChI is InChI=1S/C12H15NO2/c13-11-4-3-9-2-1-8(6-12(14)15)5-10(9)7-11/h3-4,7-8H,1-2,5-6,13H2,(H,14,15). The number of hydrogen-bond acceptors (Lipinski definition) is 2. The molecule has 0 radical (unpaired) electrons. The summed E-state index contributed by atoms with van der Waals surface area (Å²) in [4.78, 5) is 10.6. The van der Waals surface area contributed by atoms with E-state index >= 15 is 0 Å². The third-order valence-corrected chi connectivity index (χ3v) is 3.02. The third-order valence-electron chi connectivity index (χ3n) is 3.02. The molecule has 0 aliphatic heterocycles. The molecule has 0 aromatic heterocycles. The predicted molar refractivity (Wildman–Crippen MR) is 58.6 cm³/mol. The van der Waals surface area contributed by atoms with Crippen molar-refractivity contribution in [3.8, 4) is 0 Å². The SMILES string of the molecule is Nc1ccc2c(c1)CC(CC(=O)O)CC2. The number of rotatable bonds is 2. The molecule has 2 rings (SSSR count). The monoisotopic (exact) mass is 205 g/mol. The molecule has 80 valence electrons. The number of carboxylic acids is 1. The van der Waals surface area contributed by atoms with Crippen molar-refractivity contribution >= 4 is 11.7 Å². The van der Waals surface area contributed by atoms with E-state index in [0.29, 0.717) is 0 Å². The maximum Gasteiger partial charge on any atom is 0.303 e. The number of carbonyl (C=O) groups is 1. The summed E-state index contributed by atoms with van der Waals surface area (Å²) in [6.45, 7) is 0. The smallest absolute Gasteiger partial charge is 0.303 e. The summed E-state index contributed by atoms with van der Waals surface area (Å²) in [6.07, 6.45) is 3.08. The fourth-order valence-corrected chi connectivity index (χ4v) is 2.27. The molecule has 3 N–H and O–H groups in total. The number of nitrogen functional groups attached to an aromatic ring is 1. The van der Waals surface area contributed by atoms with E-state index in [1.54, 1.807) is 0 Å². The Morgan fingerprint density at radius 1 is 1.47 bits per heavy atom. The molecular weight excluding hydrogens is 190 g/mol. The van der Waals surface area contributed by atoms with Crippen molar-refractivity contribution in [1.82, 2.24) is 0 Å². The minimum absolute atomic E-state index is 0.272. The Balaban J connectivity index is 2.14. The van der Waals surface area contributed by atoms with Crippen LogP contribution in [0.25, 0.3) is 0 Å².